The van der Waals surface area contributed by atoms with Gasteiger partial charge >= 0.3 is 5.97 Å². The van der Waals surface area contributed by atoms with Crippen LogP contribution in [0, 0.1) is 17.5 Å². The van der Waals surface area contributed by atoms with E-state index in [1.54, 1.807) is 19.3 Å². The number of amides is 2. The smallest absolute Gasteiger partial charge is 0.307 e. The Hall–Kier alpha value is -5.48. The number of nitrogens with one attached hydrogen (secondary N) is 2. The fraction of sp³-hybridized carbons (Fsp3) is 0.516. The van der Waals surface area contributed by atoms with E-state index in [2.05, 4.69) is 24.4 Å². The standard InChI is InChI=1S/C21H29FN2O3S2.C20H27FN2O4S2.C14H19FO2.C7H12N2O2S2/c1-7-14(6)19-11-23-21(28-19)29(26,27)24-20(25)10-18-16(12(2)3)8-15(22)9-17(18)13(4)5;1-11(2)15-6-14(21)7-16(12(3)4)17(15)8-19(25)23-29(26,27)20-22-9-18(28-20)13(5)10-24;1-8(2)11-5-10(15)6-12(9(3)4)13(11)7-14(16)17;1-3-5(2)6-4-9-7(12-6)13(8,10)11/h8-9,11-14H,7,10H2,1-6H3,(H,24,25);6-7,9,11-13,24H,8,10H2,1-5H3,(H,23,25);5-6,8-9H,7H2,1-4H3,(H,16,17);4-5H,3H2,1-2H3,(H2,8,10,11). The molecule has 0 bridgehead atoms. The number of nitrogens with two attached hydrogens (primary N) is 1. The molecule has 0 spiro atoms. The molecule has 3 atom stereocenters. The molecule has 26 heteroatoms. The number of carbonyl (C=O) groups is 3. The van der Waals surface area contributed by atoms with Crippen LogP contribution in [0.5, 0.6) is 0 Å². The average molecular weight is 1340 g/mol. The molecule has 3 unspecified atom stereocenters. The van der Waals surface area contributed by atoms with Gasteiger partial charge in [-0.15, -0.1) is 34.0 Å². The predicted molar refractivity (Wildman–Crippen MR) is 344 cm³/mol. The van der Waals surface area contributed by atoms with E-state index in [9.17, 15) is 57.9 Å². The van der Waals surface area contributed by atoms with Crippen molar-refractivity contribution in [2.45, 2.75) is 216 Å². The number of halogens is 3. The number of carboxylic acid groups (broad SMARTS) is 1. The Labute approximate surface area is 530 Å². The minimum absolute atomic E-state index is 0.000315. The summed E-state index contributed by atoms with van der Waals surface area (Å²) in [6, 6.07) is 8.55. The van der Waals surface area contributed by atoms with Crippen LogP contribution in [0.2, 0.25) is 0 Å². The summed E-state index contributed by atoms with van der Waals surface area (Å²) in [5.74, 6) is -2.74. The van der Waals surface area contributed by atoms with E-state index >= 15 is 0 Å². The summed E-state index contributed by atoms with van der Waals surface area (Å²) in [6.07, 6.45) is 6.00. The number of primary sulfonamides is 1. The van der Waals surface area contributed by atoms with Gasteiger partial charge in [0.05, 0.1) is 25.9 Å². The molecular formula is C62H87F3N6O11S6. The van der Waals surface area contributed by atoms with E-state index in [1.165, 1.54) is 42.6 Å². The Morgan fingerprint density at radius 2 is 0.716 bits per heavy atom. The van der Waals surface area contributed by atoms with Crippen molar-refractivity contribution in [2.24, 2.45) is 5.14 Å². The molecule has 0 saturated carbocycles. The van der Waals surface area contributed by atoms with Crippen LogP contribution in [0.25, 0.3) is 0 Å². The summed E-state index contributed by atoms with van der Waals surface area (Å²) >= 11 is 3.14. The molecule has 6 rings (SSSR count). The van der Waals surface area contributed by atoms with E-state index in [-0.39, 0.29) is 104 Å². The third kappa shape index (κ3) is 22.2. The highest BCUT2D eigenvalue weighted by Crippen LogP contribution is 2.34. The Kier molecular flexibility index (Phi) is 29.3. The number of sulfonamides is 3. The monoisotopic (exact) mass is 1340 g/mol. The number of thiazole rings is 3. The number of aliphatic hydroxyl groups excluding tert-OH is 1. The summed E-state index contributed by atoms with van der Waals surface area (Å²) in [4.78, 5) is 50.2. The van der Waals surface area contributed by atoms with Gasteiger partial charge < -0.3 is 10.2 Å². The van der Waals surface area contributed by atoms with Gasteiger partial charge in [0.1, 0.15) is 17.5 Å². The molecular weight excluding hydrogens is 1250 g/mol. The molecule has 0 saturated heterocycles. The summed E-state index contributed by atoms with van der Waals surface area (Å²) in [7, 11) is -11.8. The van der Waals surface area contributed by atoms with E-state index in [1.807, 2.05) is 111 Å². The van der Waals surface area contributed by atoms with Gasteiger partial charge in [0, 0.05) is 39.1 Å². The van der Waals surface area contributed by atoms with E-state index in [4.69, 9.17) is 10.2 Å². The number of benzene rings is 3. The van der Waals surface area contributed by atoms with Gasteiger partial charge in [0.15, 0.2) is 0 Å². The summed E-state index contributed by atoms with van der Waals surface area (Å²) in [5.41, 5.74) is 6.52. The van der Waals surface area contributed by atoms with Crippen LogP contribution in [0.1, 0.15) is 249 Å². The van der Waals surface area contributed by atoms with Crippen molar-refractivity contribution in [3.63, 3.8) is 0 Å². The fourth-order valence-corrected chi connectivity index (χ4v) is 15.2. The van der Waals surface area contributed by atoms with Crippen LogP contribution < -0.4 is 14.6 Å². The highest BCUT2D eigenvalue weighted by molar-refractivity contribution is 7.92. The van der Waals surface area contributed by atoms with E-state index < -0.39 is 47.9 Å². The summed E-state index contributed by atoms with van der Waals surface area (Å²) < 4.78 is 118. The van der Waals surface area contributed by atoms with Crippen molar-refractivity contribution in [2.75, 3.05) is 6.61 Å². The fourth-order valence-electron chi connectivity index (χ4n) is 9.04. The Bertz CT molecular complexity index is 3440. The molecule has 0 aliphatic heterocycles. The van der Waals surface area contributed by atoms with Crippen LogP contribution >= 0.6 is 34.0 Å². The molecule has 2 amide bonds. The first kappa shape index (κ1) is 76.8. The lowest BCUT2D eigenvalue weighted by atomic mass is 9.87. The molecule has 17 nitrogen and oxygen atoms in total. The average Bonchev–Trinajstić information content (AvgIpc) is 4.32. The van der Waals surface area contributed by atoms with Crippen molar-refractivity contribution in [1.82, 2.24) is 24.4 Å². The lowest BCUT2D eigenvalue weighted by molar-refractivity contribution is -0.136. The number of carbonyl (C=O) groups excluding carboxylic acids is 2. The Balaban J connectivity index is 0.000000322. The number of aromatic nitrogens is 3. The van der Waals surface area contributed by atoms with Crippen molar-refractivity contribution in [1.29, 1.82) is 0 Å². The van der Waals surface area contributed by atoms with Gasteiger partial charge in [-0.05, 0) is 147 Å². The molecule has 3 heterocycles. The SMILES string of the molecule is CC(C)c1cc(F)cc(C(C)C)c1CC(=O)NS(=O)(=O)c1ncc(C(C)CO)s1.CC(C)c1cc(F)cc(C(C)C)c1CC(=O)O.CCC(C)c1cnc(S(=O)(=O)NC(=O)Cc2c(C(C)C)cc(F)cc2C(C)C)s1.CCC(C)c1cnc(S(N)(=O)=O)s1. The second-order valence-electron chi connectivity index (χ2n) is 23.4. The molecule has 0 aliphatic rings. The van der Waals surface area contributed by atoms with Gasteiger partial charge in [-0.2, -0.15) is 16.8 Å². The van der Waals surface area contributed by atoms with Gasteiger partial charge in [-0.3, -0.25) is 14.4 Å². The van der Waals surface area contributed by atoms with Crippen molar-refractivity contribution < 1.29 is 63.0 Å². The first-order valence-electron chi connectivity index (χ1n) is 29.0. The molecule has 488 valence electrons. The van der Waals surface area contributed by atoms with Crippen LogP contribution in [0.15, 0.2) is 68.0 Å². The van der Waals surface area contributed by atoms with Crippen molar-refractivity contribution >= 4 is 81.9 Å². The van der Waals surface area contributed by atoms with E-state index in [0.717, 1.165) is 84.4 Å². The summed E-state index contributed by atoms with van der Waals surface area (Å²) in [5, 5.41) is 23.1. The molecule has 6 N–H and O–H groups in total. The Morgan fingerprint density at radius 1 is 0.466 bits per heavy atom. The van der Waals surface area contributed by atoms with Gasteiger partial charge in [-0.25, -0.2) is 51.1 Å². The van der Waals surface area contributed by atoms with Crippen LogP contribution in [-0.4, -0.2) is 74.8 Å². The summed E-state index contributed by atoms with van der Waals surface area (Å²) in [6.45, 7) is 32.8. The van der Waals surface area contributed by atoms with Gasteiger partial charge in [-0.1, -0.05) is 118 Å². The maximum absolute atomic E-state index is 14.1. The zero-order valence-electron chi connectivity index (χ0n) is 53.2. The number of nitrogens with zero attached hydrogens (tertiary/aromatic N) is 3. The number of hydrogen-bond donors (Lipinski definition) is 5. The van der Waals surface area contributed by atoms with Crippen LogP contribution in [0.4, 0.5) is 13.2 Å². The quantitative estimate of drug-likeness (QED) is 0.0399. The zero-order valence-corrected chi connectivity index (χ0v) is 58.1. The Morgan fingerprint density at radius 3 is 0.943 bits per heavy atom. The van der Waals surface area contributed by atoms with E-state index in [0.29, 0.717) is 33.0 Å². The highest BCUT2D eigenvalue weighted by atomic mass is 32.3. The second kappa shape index (κ2) is 33.5. The number of hydrogen-bond acceptors (Lipinski definition) is 16. The number of aliphatic hydroxyl groups is 1. The molecule has 0 aliphatic carbocycles. The lowest BCUT2D eigenvalue weighted by Crippen LogP contribution is -2.32. The first-order chi connectivity index (χ1) is 40.7. The number of aliphatic carboxylic acids is 1. The normalized spacial score (nSPS) is 13.0. The molecule has 0 radical (unpaired) electrons. The highest BCUT2D eigenvalue weighted by Gasteiger charge is 2.28. The molecule has 88 heavy (non-hydrogen) atoms. The maximum atomic E-state index is 14.1. The minimum Gasteiger partial charge on any atom is -0.481 e. The second-order valence-corrected chi connectivity index (χ2v) is 32.1. The molecule has 0 fully saturated rings. The zero-order chi connectivity index (χ0) is 67.1. The minimum atomic E-state index is -4.12. The lowest BCUT2D eigenvalue weighted by Gasteiger charge is -2.19. The third-order valence-electron chi connectivity index (χ3n) is 14.2. The third-order valence-corrected chi connectivity index (χ3v) is 22.8. The molecule has 3 aromatic heterocycles. The first-order valence-corrected chi connectivity index (χ1v) is 36.0. The predicted octanol–water partition coefficient (Wildman–Crippen LogP) is 13.8. The number of rotatable bonds is 23. The van der Waals surface area contributed by atoms with Crippen molar-refractivity contribution in [3.05, 3.63) is 137 Å². The van der Waals surface area contributed by atoms with Crippen LogP contribution in [-0.2, 0) is 63.7 Å². The molecule has 6 aromatic rings. The van der Waals surface area contributed by atoms with Crippen molar-refractivity contribution in [3.8, 4) is 0 Å². The maximum Gasteiger partial charge on any atom is 0.307 e. The van der Waals surface area contributed by atoms with Gasteiger partial charge in [0.2, 0.25) is 24.8 Å². The number of carboxylic acids is 1. The van der Waals surface area contributed by atoms with Crippen LogP contribution in [0.3, 0.4) is 0 Å². The molecule has 3 aromatic carbocycles. The van der Waals surface area contributed by atoms with Gasteiger partial charge in [0.25, 0.3) is 30.1 Å². The topological polar surface area (TPSA) is 283 Å². The largest absolute Gasteiger partial charge is 0.481 e.